The maximum absolute atomic E-state index is 6.68. The molecule has 6 aromatic rings. The predicted molar refractivity (Wildman–Crippen MR) is 152 cm³/mol. The molecule has 0 radical (unpaired) electrons. The van der Waals surface area contributed by atoms with E-state index >= 15 is 0 Å². The first-order valence-electron chi connectivity index (χ1n) is 13.1. The van der Waals surface area contributed by atoms with Gasteiger partial charge in [0.2, 0.25) is 0 Å². The number of fused-ring (bicyclic) bond motifs is 6. The Balaban J connectivity index is 1.42. The number of hydrogen-bond donors (Lipinski definition) is 0. The van der Waals surface area contributed by atoms with E-state index in [2.05, 4.69) is 98.8 Å². The minimum Gasteiger partial charge on any atom is -0.453 e. The van der Waals surface area contributed by atoms with E-state index in [4.69, 9.17) is 14.4 Å². The number of aromatic nitrogens is 2. The van der Waals surface area contributed by atoms with Gasteiger partial charge in [0.1, 0.15) is 11.5 Å². The summed E-state index contributed by atoms with van der Waals surface area (Å²) in [5.41, 5.74) is 9.94. The van der Waals surface area contributed by atoms with E-state index < -0.39 is 0 Å². The van der Waals surface area contributed by atoms with Crippen LogP contribution < -0.4 is 0 Å². The zero-order chi connectivity index (χ0) is 24.9. The normalized spacial score (nSPS) is 12.7. The standard InChI is InChI=1S/C34H28N2O/c1-21(2)18-25-12-13-29-31(36-25)15-14-27-28-16-17-35-32(34(28)37-33(27)29)24-19-23-10-6-7-11-26(23)30(20-24)22-8-4-3-5-9-22/h3-13,16-17,19-21H,14-15,18H2,1-2H3. The molecule has 3 nitrogen and oxygen atoms in total. The van der Waals surface area contributed by atoms with E-state index in [0.29, 0.717) is 5.92 Å². The number of furan rings is 1. The fraction of sp³-hybridized carbons (Fsp3) is 0.176. The van der Waals surface area contributed by atoms with Gasteiger partial charge in [-0.2, -0.15) is 0 Å². The third-order valence-electron chi connectivity index (χ3n) is 7.43. The van der Waals surface area contributed by atoms with Crippen molar-refractivity contribution < 1.29 is 4.42 Å². The van der Waals surface area contributed by atoms with Crippen molar-refractivity contribution in [3.8, 4) is 33.7 Å². The summed E-state index contributed by atoms with van der Waals surface area (Å²) in [5, 5.41) is 3.59. The fourth-order valence-electron chi connectivity index (χ4n) is 5.77. The Labute approximate surface area is 216 Å². The molecular weight excluding hydrogens is 452 g/mol. The average Bonchev–Trinajstić information content (AvgIpc) is 3.32. The summed E-state index contributed by atoms with van der Waals surface area (Å²) in [4.78, 5) is 9.86. The van der Waals surface area contributed by atoms with E-state index in [-0.39, 0.29) is 0 Å². The molecule has 0 unspecified atom stereocenters. The van der Waals surface area contributed by atoms with Crippen molar-refractivity contribution in [3.05, 3.63) is 108 Å². The van der Waals surface area contributed by atoms with Gasteiger partial charge in [-0.25, -0.2) is 0 Å². The quantitative estimate of drug-likeness (QED) is 0.253. The first-order valence-corrected chi connectivity index (χ1v) is 13.1. The van der Waals surface area contributed by atoms with Gasteiger partial charge in [0.05, 0.1) is 5.69 Å². The van der Waals surface area contributed by atoms with Crippen LogP contribution in [0.5, 0.6) is 0 Å². The molecule has 0 saturated heterocycles. The molecule has 0 amide bonds. The van der Waals surface area contributed by atoms with Crippen LogP contribution in [0.15, 0.2) is 95.5 Å². The van der Waals surface area contributed by atoms with Crippen molar-refractivity contribution in [1.82, 2.24) is 9.97 Å². The summed E-state index contributed by atoms with van der Waals surface area (Å²) in [6.45, 7) is 4.48. The van der Waals surface area contributed by atoms with Crippen LogP contribution in [0, 0.1) is 5.92 Å². The summed E-state index contributed by atoms with van der Waals surface area (Å²) in [6.07, 6.45) is 4.79. The van der Waals surface area contributed by atoms with E-state index in [1.165, 1.54) is 33.2 Å². The van der Waals surface area contributed by atoms with E-state index in [1.807, 2.05) is 6.20 Å². The van der Waals surface area contributed by atoms with Gasteiger partial charge in [0, 0.05) is 34.0 Å². The monoisotopic (exact) mass is 480 g/mol. The van der Waals surface area contributed by atoms with Gasteiger partial charge >= 0.3 is 0 Å². The van der Waals surface area contributed by atoms with Crippen molar-refractivity contribution in [2.24, 2.45) is 5.92 Å². The molecule has 3 heteroatoms. The maximum Gasteiger partial charge on any atom is 0.161 e. The van der Waals surface area contributed by atoms with Crippen LogP contribution in [0.2, 0.25) is 0 Å². The Bertz CT molecular complexity index is 1780. The molecule has 0 atom stereocenters. The van der Waals surface area contributed by atoms with Crippen LogP contribution in [0.25, 0.3) is 55.4 Å². The topological polar surface area (TPSA) is 38.9 Å². The third kappa shape index (κ3) is 3.74. The lowest BCUT2D eigenvalue weighted by Gasteiger charge is -2.16. The molecule has 0 fully saturated rings. The first kappa shape index (κ1) is 22.0. The van der Waals surface area contributed by atoms with Crippen LogP contribution >= 0.6 is 0 Å². The highest BCUT2D eigenvalue weighted by atomic mass is 16.3. The molecule has 0 aliphatic heterocycles. The fourth-order valence-corrected chi connectivity index (χ4v) is 5.77. The molecule has 3 aromatic heterocycles. The lowest BCUT2D eigenvalue weighted by atomic mass is 9.91. The Kier molecular flexibility index (Phi) is 5.17. The van der Waals surface area contributed by atoms with E-state index in [1.54, 1.807) is 0 Å². The predicted octanol–water partition coefficient (Wildman–Crippen LogP) is 8.67. The van der Waals surface area contributed by atoms with Crippen molar-refractivity contribution in [3.63, 3.8) is 0 Å². The Morgan fingerprint density at radius 3 is 2.49 bits per heavy atom. The van der Waals surface area contributed by atoms with Crippen molar-refractivity contribution in [2.45, 2.75) is 33.1 Å². The van der Waals surface area contributed by atoms with Crippen molar-refractivity contribution in [1.29, 1.82) is 0 Å². The summed E-state index contributed by atoms with van der Waals surface area (Å²) in [6, 6.07) is 30.1. The van der Waals surface area contributed by atoms with Crippen LogP contribution in [0.3, 0.4) is 0 Å². The Hall–Kier alpha value is -4.24. The smallest absolute Gasteiger partial charge is 0.161 e. The first-order chi connectivity index (χ1) is 18.2. The van der Waals surface area contributed by atoms with Gasteiger partial charge in [-0.05, 0) is 77.4 Å². The molecule has 180 valence electrons. The summed E-state index contributed by atoms with van der Waals surface area (Å²) in [5.74, 6) is 1.55. The lowest BCUT2D eigenvalue weighted by molar-refractivity contribution is 0.614. The minimum absolute atomic E-state index is 0.590. The molecular formula is C34H28N2O. The third-order valence-corrected chi connectivity index (χ3v) is 7.43. The number of benzene rings is 3. The van der Waals surface area contributed by atoms with Crippen LogP contribution in [-0.4, -0.2) is 9.97 Å². The van der Waals surface area contributed by atoms with E-state index in [9.17, 15) is 0 Å². The maximum atomic E-state index is 6.68. The summed E-state index contributed by atoms with van der Waals surface area (Å²) in [7, 11) is 0. The number of pyridine rings is 2. The van der Waals surface area contributed by atoms with Gasteiger partial charge in [-0.1, -0.05) is 68.4 Å². The second-order valence-corrected chi connectivity index (χ2v) is 10.5. The number of nitrogens with zero attached hydrogens (tertiary/aromatic N) is 2. The summed E-state index contributed by atoms with van der Waals surface area (Å²) >= 11 is 0. The van der Waals surface area contributed by atoms with Gasteiger partial charge in [-0.3, -0.25) is 9.97 Å². The average molecular weight is 481 g/mol. The number of rotatable bonds is 4. The molecule has 3 aromatic carbocycles. The second kappa shape index (κ2) is 8.70. The van der Waals surface area contributed by atoms with Gasteiger partial charge in [-0.15, -0.1) is 0 Å². The SMILES string of the molecule is CC(C)Cc1ccc2c(n1)CCc1c-2oc2c(-c3cc(-c4ccccc4)c4ccccc4c3)nccc12. The molecule has 37 heavy (non-hydrogen) atoms. The zero-order valence-corrected chi connectivity index (χ0v) is 21.2. The Morgan fingerprint density at radius 2 is 1.62 bits per heavy atom. The number of aryl methyl sites for hydroxylation is 2. The van der Waals surface area contributed by atoms with Crippen LogP contribution in [0.1, 0.15) is 30.8 Å². The molecule has 0 spiro atoms. The number of hydrogen-bond acceptors (Lipinski definition) is 3. The molecule has 1 aliphatic rings. The largest absolute Gasteiger partial charge is 0.453 e. The van der Waals surface area contributed by atoms with Crippen molar-refractivity contribution >= 4 is 21.7 Å². The second-order valence-electron chi connectivity index (χ2n) is 10.5. The molecule has 0 N–H and O–H groups in total. The molecule has 1 aliphatic carbocycles. The van der Waals surface area contributed by atoms with Gasteiger partial charge < -0.3 is 4.42 Å². The molecule has 7 rings (SSSR count). The molecule has 3 heterocycles. The zero-order valence-electron chi connectivity index (χ0n) is 21.2. The van der Waals surface area contributed by atoms with Gasteiger partial charge in [0.15, 0.2) is 5.58 Å². The highest BCUT2D eigenvalue weighted by Crippen LogP contribution is 2.43. The van der Waals surface area contributed by atoms with Crippen LogP contribution in [0.4, 0.5) is 0 Å². The highest BCUT2D eigenvalue weighted by Gasteiger charge is 2.26. The van der Waals surface area contributed by atoms with Gasteiger partial charge in [0.25, 0.3) is 0 Å². The van der Waals surface area contributed by atoms with E-state index in [0.717, 1.165) is 58.5 Å². The van der Waals surface area contributed by atoms with Crippen LogP contribution in [-0.2, 0) is 19.3 Å². The molecule has 0 bridgehead atoms. The lowest BCUT2D eigenvalue weighted by Crippen LogP contribution is -2.07. The highest BCUT2D eigenvalue weighted by molar-refractivity contribution is 6.03. The minimum atomic E-state index is 0.590. The van der Waals surface area contributed by atoms with Crippen molar-refractivity contribution in [2.75, 3.05) is 0 Å². The molecule has 0 saturated carbocycles. The Morgan fingerprint density at radius 1 is 0.784 bits per heavy atom. The summed E-state index contributed by atoms with van der Waals surface area (Å²) < 4.78 is 6.68.